The number of Topliss-reactive ketones (excluding diaryl/α,β-unsaturated/α-hetero) is 1. The fourth-order valence-corrected chi connectivity index (χ4v) is 5.26. The molecule has 1 aromatic carbocycles. The minimum Gasteiger partial charge on any atom is -0.328 e. The lowest BCUT2D eigenvalue weighted by molar-refractivity contribution is -0.124. The molecule has 5 nitrogen and oxygen atoms in total. The molecule has 1 unspecified atom stereocenters. The first-order valence-electron chi connectivity index (χ1n) is 11.1. The Labute approximate surface area is 181 Å². The van der Waals surface area contributed by atoms with Crippen molar-refractivity contribution in [3.05, 3.63) is 35.4 Å². The number of hydrogen-bond acceptors (Lipinski definition) is 3. The average Bonchev–Trinajstić information content (AvgIpc) is 3.37. The van der Waals surface area contributed by atoms with Crippen LogP contribution >= 0.6 is 0 Å². The van der Waals surface area contributed by atoms with Crippen LogP contribution < -0.4 is 5.32 Å². The number of nitriles is 1. The lowest BCUT2D eigenvalue weighted by Crippen LogP contribution is -2.50. The number of nitrogens with zero attached hydrogens (tertiary/aromatic N) is 2. The van der Waals surface area contributed by atoms with Gasteiger partial charge >= 0.3 is 6.03 Å². The second-order valence-electron chi connectivity index (χ2n) is 9.77. The maximum absolute atomic E-state index is 13.8. The Balaban J connectivity index is 1.46. The van der Waals surface area contributed by atoms with Crippen molar-refractivity contribution < 1.29 is 18.4 Å². The molecule has 166 valence electrons. The van der Waals surface area contributed by atoms with Crippen LogP contribution in [0, 0.1) is 16.7 Å². The summed E-state index contributed by atoms with van der Waals surface area (Å²) in [6, 6.07) is 8.71. The highest BCUT2D eigenvalue weighted by molar-refractivity contribution is 5.89. The van der Waals surface area contributed by atoms with Gasteiger partial charge in [0.05, 0.1) is 17.5 Å². The smallest absolute Gasteiger partial charge is 0.318 e. The molecular formula is C24H29F2N3O2. The second kappa shape index (κ2) is 7.89. The van der Waals surface area contributed by atoms with E-state index < -0.39 is 35.6 Å². The van der Waals surface area contributed by atoms with Gasteiger partial charge in [0, 0.05) is 31.3 Å². The summed E-state index contributed by atoms with van der Waals surface area (Å²) in [6.45, 7) is 1.81. The van der Waals surface area contributed by atoms with E-state index in [0.717, 1.165) is 32.6 Å². The van der Waals surface area contributed by atoms with Crippen LogP contribution in [0.15, 0.2) is 24.3 Å². The number of fused-ring (bicyclic) bond motifs is 2. The van der Waals surface area contributed by atoms with Crippen LogP contribution in [-0.4, -0.2) is 41.8 Å². The zero-order valence-corrected chi connectivity index (χ0v) is 17.9. The Bertz CT molecular complexity index is 916. The van der Waals surface area contributed by atoms with Crippen LogP contribution in [0.1, 0.15) is 63.0 Å². The number of aryl methyl sites for hydroxylation is 1. The highest BCUT2D eigenvalue weighted by Gasteiger charge is 2.48. The van der Waals surface area contributed by atoms with Crippen molar-refractivity contribution in [3.8, 4) is 6.07 Å². The number of amides is 2. The summed E-state index contributed by atoms with van der Waals surface area (Å²) < 4.78 is 27.5. The lowest BCUT2D eigenvalue weighted by Gasteiger charge is -2.36. The molecule has 31 heavy (non-hydrogen) atoms. The highest BCUT2D eigenvalue weighted by atomic mass is 19.3. The molecule has 2 aliphatic carbocycles. The first-order chi connectivity index (χ1) is 14.7. The summed E-state index contributed by atoms with van der Waals surface area (Å²) in [6.07, 6.45) is 4.30. The van der Waals surface area contributed by atoms with Crippen LogP contribution in [-0.2, 0) is 16.6 Å². The molecule has 4 rings (SSSR count). The molecule has 2 amide bonds. The van der Waals surface area contributed by atoms with E-state index >= 15 is 0 Å². The third kappa shape index (κ3) is 4.58. The Morgan fingerprint density at radius 2 is 2.00 bits per heavy atom. The van der Waals surface area contributed by atoms with Crippen molar-refractivity contribution in [2.45, 2.75) is 75.7 Å². The number of ketones is 1. The van der Waals surface area contributed by atoms with E-state index in [-0.39, 0.29) is 11.8 Å². The lowest BCUT2D eigenvalue weighted by atomic mass is 9.69. The SMILES string of the molecule is CC(F)(F)C[C@H](NC(=O)N1CCC2(CCCc3ccccc32)C1)C(=O)CC1(C#N)CC1. The summed E-state index contributed by atoms with van der Waals surface area (Å²) >= 11 is 0. The predicted octanol–water partition coefficient (Wildman–Crippen LogP) is 4.35. The third-order valence-corrected chi connectivity index (χ3v) is 7.18. The van der Waals surface area contributed by atoms with Crippen LogP contribution in [0.2, 0.25) is 0 Å². The highest BCUT2D eigenvalue weighted by Crippen LogP contribution is 2.48. The second-order valence-corrected chi connectivity index (χ2v) is 9.77. The van der Waals surface area contributed by atoms with E-state index in [2.05, 4.69) is 23.5 Å². The average molecular weight is 430 g/mol. The number of alkyl halides is 2. The van der Waals surface area contributed by atoms with Crippen LogP contribution in [0.3, 0.4) is 0 Å². The molecule has 2 fully saturated rings. The largest absolute Gasteiger partial charge is 0.328 e. The Morgan fingerprint density at radius 1 is 1.26 bits per heavy atom. The fraction of sp³-hybridized carbons (Fsp3) is 0.625. The molecule has 0 radical (unpaired) electrons. The van der Waals surface area contributed by atoms with Gasteiger partial charge in [0.25, 0.3) is 0 Å². The third-order valence-electron chi connectivity index (χ3n) is 7.18. The van der Waals surface area contributed by atoms with Gasteiger partial charge in [-0.25, -0.2) is 13.6 Å². The first-order valence-corrected chi connectivity index (χ1v) is 11.1. The molecule has 1 aliphatic heterocycles. The van der Waals surface area contributed by atoms with Gasteiger partial charge in [0.1, 0.15) is 0 Å². The van der Waals surface area contributed by atoms with Crippen LogP contribution in [0.25, 0.3) is 0 Å². The van der Waals surface area contributed by atoms with Gasteiger partial charge in [-0.2, -0.15) is 5.26 Å². The number of carbonyl (C=O) groups is 2. The van der Waals surface area contributed by atoms with Gasteiger partial charge < -0.3 is 10.2 Å². The number of halogens is 2. The molecule has 1 saturated carbocycles. The summed E-state index contributed by atoms with van der Waals surface area (Å²) in [5, 5.41) is 11.8. The molecule has 0 aromatic heterocycles. The van der Waals surface area contributed by atoms with Crippen molar-refractivity contribution in [2.24, 2.45) is 5.41 Å². The Hall–Kier alpha value is -2.49. The number of nitrogens with one attached hydrogen (secondary N) is 1. The zero-order chi connectivity index (χ0) is 22.3. The molecule has 3 aliphatic rings. The molecule has 1 saturated heterocycles. The fourth-order valence-electron chi connectivity index (χ4n) is 5.26. The van der Waals surface area contributed by atoms with Gasteiger partial charge in [-0.05, 0) is 56.6 Å². The van der Waals surface area contributed by atoms with Gasteiger partial charge in [-0.15, -0.1) is 0 Å². The maximum atomic E-state index is 13.8. The van der Waals surface area contributed by atoms with Crippen molar-refractivity contribution in [1.29, 1.82) is 5.26 Å². The molecule has 2 atom stereocenters. The van der Waals surface area contributed by atoms with E-state index in [1.54, 1.807) is 4.90 Å². The summed E-state index contributed by atoms with van der Waals surface area (Å²) in [4.78, 5) is 27.4. The van der Waals surface area contributed by atoms with Crippen LogP contribution in [0.4, 0.5) is 13.6 Å². The monoisotopic (exact) mass is 429 g/mol. The minimum absolute atomic E-state index is 0.0815. The number of urea groups is 1. The molecule has 1 aromatic rings. The summed E-state index contributed by atoms with van der Waals surface area (Å²) in [5.41, 5.74) is 1.78. The number of carbonyl (C=O) groups excluding carboxylic acids is 2. The standard InChI is InChI=1S/C24H29F2N3O2/c1-22(25,26)13-19(20(30)14-23(15-27)9-10-23)28-21(31)29-12-11-24(16-29)8-4-6-17-5-2-3-7-18(17)24/h2-3,5,7,19H,4,6,8-14,16H2,1H3,(H,28,31)/t19-,24?/m0/s1. The van der Waals surface area contributed by atoms with Gasteiger partial charge in [0.2, 0.25) is 5.92 Å². The molecule has 1 spiro atoms. The molecular weight excluding hydrogens is 400 g/mol. The molecule has 1 N–H and O–H groups in total. The van der Waals surface area contributed by atoms with Gasteiger partial charge in [-0.1, -0.05) is 24.3 Å². The van der Waals surface area contributed by atoms with E-state index in [9.17, 15) is 23.6 Å². The predicted molar refractivity (Wildman–Crippen MR) is 112 cm³/mol. The molecule has 1 heterocycles. The summed E-state index contributed by atoms with van der Waals surface area (Å²) in [7, 11) is 0. The number of benzene rings is 1. The van der Waals surface area contributed by atoms with Gasteiger partial charge in [-0.3, -0.25) is 4.79 Å². The van der Waals surface area contributed by atoms with Crippen molar-refractivity contribution in [2.75, 3.05) is 13.1 Å². The van der Waals surface area contributed by atoms with E-state index in [1.807, 2.05) is 12.1 Å². The van der Waals surface area contributed by atoms with E-state index in [1.165, 1.54) is 11.1 Å². The van der Waals surface area contributed by atoms with Crippen LogP contribution in [0.5, 0.6) is 0 Å². The first kappa shape index (κ1) is 21.7. The van der Waals surface area contributed by atoms with Crippen molar-refractivity contribution >= 4 is 11.8 Å². The summed E-state index contributed by atoms with van der Waals surface area (Å²) in [5.74, 6) is -3.57. The van der Waals surface area contributed by atoms with Crippen molar-refractivity contribution in [3.63, 3.8) is 0 Å². The Kier molecular flexibility index (Phi) is 5.53. The zero-order valence-electron chi connectivity index (χ0n) is 17.9. The van der Waals surface area contributed by atoms with E-state index in [4.69, 9.17) is 0 Å². The quantitative estimate of drug-likeness (QED) is 0.731. The Morgan fingerprint density at radius 3 is 2.68 bits per heavy atom. The topological polar surface area (TPSA) is 73.2 Å². The number of hydrogen-bond donors (Lipinski definition) is 1. The minimum atomic E-state index is -3.09. The molecule has 7 heteroatoms. The van der Waals surface area contributed by atoms with Gasteiger partial charge in [0.15, 0.2) is 5.78 Å². The normalized spacial score (nSPS) is 24.9. The number of rotatable bonds is 6. The van der Waals surface area contributed by atoms with Crippen molar-refractivity contribution in [1.82, 2.24) is 10.2 Å². The number of likely N-dealkylation sites (tertiary alicyclic amines) is 1. The maximum Gasteiger partial charge on any atom is 0.318 e. The molecule has 0 bridgehead atoms. The van der Waals surface area contributed by atoms with E-state index in [0.29, 0.717) is 25.9 Å².